The van der Waals surface area contributed by atoms with Crippen LogP contribution in [0.5, 0.6) is 5.75 Å². The topological polar surface area (TPSA) is 81.5 Å². The fourth-order valence-corrected chi connectivity index (χ4v) is 2.09. The van der Waals surface area contributed by atoms with Crippen molar-refractivity contribution in [3.05, 3.63) is 69.8 Å². The Labute approximate surface area is 139 Å². The molecular weight excluding hydrogens is 308 g/mol. The molecule has 0 aromatic heterocycles. The minimum atomic E-state index is -0.468. The van der Waals surface area contributed by atoms with Crippen LogP contribution in [0.25, 0.3) is 6.08 Å². The van der Waals surface area contributed by atoms with Crippen molar-refractivity contribution in [1.82, 2.24) is 0 Å². The third kappa shape index (κ3) is 4.67. The van der Waals surface area contributed by atoms with E-state index in [4.69, 9.17) is 4.74 Å². The summed E-state index contributed by atoms with van der Waals surface area (Å²) in [5, 5.41) is 13.4. The number of aryl methyl sites for hydroxylation is 1. The van der Waals surface area contributed by atoms with Gasteiger partial charge in [0.25, 0.3) is 5.69 Å². The number of benzene rings is 2. The quantitative estimate of drug-likeness (QED) is 0.495. The van der Waals surface area contributed by atoms with Crippen LogP contribution in [0.2, 0.25) is 0 Å². The van der Waals surface area contributed by atoms with Crippen molar-refractivity contribution in [2.24, 2.45) is 0 Å². The molecule has 0 aliphatic heterocycles. The van der Waals surface area contributed by atoms with Crippen molar-refractivity contribution in [1.29, 1.82) is 0 Å². The Bertz CT molecular complexity index is 767. The third-order valence-electron chi connectivity index (χ3n) is 3.30. The van der Waals surface area contributed by atoms with E-state index in [2.05, 4.69) is 5.32 Å². The molecule has 0 atom stereocenters. The highest BCUT2D eigenvalue weighted by atomic mass is 16.6. The third-order valence-corrected chi connectivity index (χ3v) is 3.30. The summed E-state index contributed by atoms with van der Waals surface area (Å²) in [7, 11) is 0. The average Bonchev–Trinajstić information content (AvgIpc) is 2.56. The van der Waals surface area contributed by atoms with Crippen LogP contribution in [-0.4, -0.2) is 17.4 Å². The lowest BCUT2D eigenvalue weighted by molar-refractivity contribution is -0.384. The lowest BCUT2D eigenvalue weighted by Crippen LogP contribution is -2.09. The predicted octanol–water partition coefficient (Wildman–Crippen LogP) is 3.95. The first-order chi connectivity index (χ1) is 11.5. The molecule has 2 rings (SSSR count). The second-order valence-corrected chi connectivity index (χ2v) is 5.08. The molecule has 0 aliphatic rings. The second-order valence-electron chi connectivity index (χ2n) is 5.08. The number of rotatable bonds is 6. The maximum Gasteiger partial charge on any atom is 0.269 e. The van der Waals surface area contributed by atoms with Gasteiger partial charge in [-0.3, -0.25) is 14.9 Å². The first-order valence-electron chi connectivity index (χ1n) is 7.46. The number of carbonyl (C=O) groups is 1. The smallest absolute Gasteiger partial charge is 0.269 e. The monoisotopic (exact) mass is 326 g/mol. The summed E-state index contributed by atoms with van der Waals surface area (Å²) >= 11 is 0. The van der Waals surface area contributed by atoms with Gasteiger partial charge in [0.15, 0.2) is 0 Å². The maximum atomic E-state index is 12.0. The van der Waals surface area contributed by atoms with E-state index in [1.165, 1.54) is 24.3 Å². The van der Waals surface area contributed by atoms with Crippen LogP contribution in [0, 0.1) is 17.0 Å². The van der Waals surface area contributed by atoms with Crippen LogP contribution in [0.1, 0.15) is 18.1 Å². The van der Waals surface area contributed by atoms with Crippen molar-refractivity contribution in [2.45, 2.75) is 13.8 Å². The van der Waals surface area contributed by atoms with Gasteiger partial charge < -0.3 is 10.1 Å². The van der Waals surface area contributed by atoms with E-state index in [9.17, 15) is 14.9 Å². The minimum absolute atomic E-state index is 0.00423. The van der Waals surface area contributed by atoms with E-state index < -0.39 is 4.92 Å². The summed E-state index contributed by atoms with van der Waals surface area (Å²) in [6.45, 7) is 4.23. The zero-order valence-corrected chi connectivity index (χ0v) is 13.5. The predicted molar refractivity (Wildman–Crippen MR) is 93.1 cm³/mol. The number of nitro benzene ring substituents is 1. The number of non-ortho nitro benzene ring substituents is 1. The van der Waals surface area contributed by atoms with Crippen LogP contribution in [0.4, 0.5) is 11.4 Å². The van der Waals surface area contributed by atoms with E-state index in [0.29, 0.717) is 17.9 Å². The van der Waals surface area contributed by atoms with Gasteiger partial charge in [0.2, 0.25) is 5.91 Å². The largest absolute Gasteiger partial charge is 0.494 e. The van der Waals surface area contributed by atoms with E-state index >= 15 is 0 Å². The van der Waals surface area contributed by atoms with Crippen LogP contribution in [0.15, 0.2) is 48.5 Å². The molecule has 0 unspecified atom stereocenters. The molecule has 6 nitrogen and oxygen atoms in total. The fourth-order valence-electron chi connectivity index (χ4n) is 2.09. The molecule has 124 valence electrons. The molecule has 0 radical (unpaired) electrons. The Hall–Kier alpha value is -3.15. The van der Waals surface area contributed by atoms with Gasteiger partial charge in [-0.1, -0.05) is 12.1 Å². The molecule has 0 heterocycles. The molecule has 2 aromatic carbocycles. The summed E-state index contributed by atoms with van der Waals surface area (Å²) in [5.74, 6) is 0.474. The van der Waals surface area contributed by atoms with Gasteiger partial charge in [-0.05, 0) is 49.2 Å². The summed E-state index contributed by atoms with van der Waals surface area (Å²) in [6.07, 6.45) is 3.10. The molecule has 0 aliphatic carbocycles. The molecule has 1 amide bonds. The van der Waals surface area contributed by atoms with Crippen molar-refractivity contribution in [3.8, 4) is 5.75 Å². The van der Waals surface area contributed by atoms with Gasteiger partial charge in [-0.2, -0.15) is 0 Å². The molecule has 0 saturated heterocycles. The minimum Gasteiger partial charge on any atom is -0.494 e. The lowest BCUT2D eigenvalue weighted by Gasteiger charge is -2.06. The molecule has 0 saturated carbocycles. The number of nitrogens with zero attached hydrogens (tertiary/aromatic N) is 1. The van der Waals surface area contributed by atoms with Gasteiger partial charge in [-0.15, -0.1) is 0 Å². The Kier molecular flexibility index (Phi) is 5.68. The standard InChI is InChI=1S/C18H18N2O4/c1-3-24-16-8-4-14(5-9-16)6-11-18(21)19-17-10-7-15(20(22)23)12-13(17)2/h4-12H,3H2,1-2H3,(H,19,21)/b11-6+. The second kappa shape index (κ2) is 7.92. The number of nitrogens with one attached hydrogen (secondary N) is 1. The molecule has 0 fully saturated rings. The van der Waals surface area contributed by atoms with Crippen molar-refractivity contribution in [3.63, 3.8) is 0 Å². The Balaban J connectivity index is 2.01. The highest BCUT2D eigenvalue weighted by Crippen LogP contribution is 2.21. The normalized spacial score (nSPS) is 10.6. The average molecular weight is 326 g/mol. The summed E-state index contributed by atoms with van der Waals surface area (Å²) < 4.78 is 5.35. The van der Waals surface area contributed by atoms with Crippen LogP contribution in [-0.2, 0) is 4.79 Å². The first kappa shape index (κ1) is 17.2. The first-order valence-corrected chi connectivity index (χ1v) is 7.46. The van der Waals surface area contributed by atoms with Crippen LogP contribution >= 0.6 is 0 Å². The van der Waals surface area contributed by atoms with E-state index in [-0.39, 0.29) is 11.6 Å². The number of carbonyl (C=O) groups excluding carboxylic acids is 1. The zero-order chi connectivity index (χ0) is 17.5. The number of hydrogen-bond donors (Lipinski definition) is 1. The highest BCUT2D eigenvalue weighted by Gasteiger charge is 2.09. The Morgan fingerprint density at radius 1 is 1.25 bits per heavy atom. The van der Waals surface area contributed by atoms with E-state index in [1.54, 1.807) is 13.0 Å². The number of ether oxygens (including phenoxy) is 1. The SMILES string of the molecule is CCOc1ccc(/C=C/C(=O)Nc2ccc([N+](=O)[O-])cc2C)cc1. The molecule has 1 N–H and O–H groups in total. The molecule has 2 aromatic rings. The lowest BCUT2D eigenvalue weighted by atomic mass is 10.1. The van der Waals surface area contributed by atoms with Gasteiger partial charge in [0, 0.05) is 23.9 Å². The van der Waals surface area contributed by atoms with E-state index in [1.807, 2.05) is 31.2 Å². The van der Waals surface area contributed by atoms with Gasteiger partial charge in [0.05, 0.1) is 11.5 Å². The number of nitro groups is 1. The van der Waals surface area contributed by atoms with Gasteiger partial charge >= 0.3 is 0 Å². The molecule has 6 heteroatoms. The summed E-state index contributed by atoms with van der Waals surface area (Å²) in [5.41, 5.74) is 2.04. The molecule has 24 heavy (non-hydrogen) atoms. The summed E-state index contributed by atoms with van der Waals surface area (Å²) in [4.78, 5) is 22.2. The van der Waals surface area contributed by atoms with Crippen molar-refractivity contribution < 1.29 is 14.5 Å². The highest BCUT2D eigenvalue weighted by molar-refractivity contribution is 6.02. The van der Waals surface area contributed by atoms with Gasteiger partial charge in [-0.25, -0.2) is 0 Å². The maximum absolute atomic E-state index is 12.0. The van der Waals surface area contributed by atoms with Gasteiger partial charge in [0.1, 0.15) is 5.75 Å². The number of anilines is 1. The molecule has 0 spiro atoms. The van der Waals surface area contributed by atoms with Crippen molar-refractivity contribution >= 4 is 23.4 Å². The summed E-state index contributed by atoms with van der Waals surface area (Å²) in [6, 6.07) is 11.7. The Morgan fingerprint density at radius 2 is 1.96 bits per heavy atom. The zero-order valence-electron chi connectivity index (χ0n) is 13.5. The fraction of sp³-hybridized carbons (Fsp3) is 0.167. The number of hydrogen-bond acceptors (Lipinski definition) is 4. The van der Waals surface area contributed by atoms with Crippen molar-refractivity contribution in [2.75, 3.05) is 11.9 Å². The number of amides is 1. The van der Waals surface area contributed by atoms with Crippen LogP contribution < -0.4 is 10.1 Å². The van der Waals surface area contributed by atoms with Crippen LogP contribution in [0.3, 0.4) is 0 Å². The molecule has 0 bridgehead atoms. The van der Waals surface area contributed by atoms with E-state index in [0.717, 1.165) is 11.3 Å². The Morgan fingerprint density at radius 3 is 2.54 bits per heavy atom. The molecular formula is C18H18N2O4.